The lowest BCUT2D eigenvalue weighted by atomic mass is 10.2. The lowest BCUT2D eigenvalue weighted by molar-refractivity contribution is -0.384. The summed E-state index contributed by atoms with van der Waals surface area (Å²) in [5.74, 6) is -0.350. The van der Waals surface area contributed by atoms with Gasteiger partial charge in [-0.15, -0.1) is 0 Å². The van der Waals surface area contributed by atoms with E-state index in [-0.39, 0.29) is 40.3 Å². The molecule has 8 nitrogen and oxygen atoms in total. The van der Waals surface area contributed by atoms with Gasteiger partial charge >= 0.3 is 0 Å². The van der Waals surface area contributed by atoms with Gasteiger partial charge in [0.05, 0.1) is 21.3 Å². The van der Waals surface area contributed by atoms with Crippen LogP contribution >= 0.6 is 11.6 Å². The molecule has 0 amide bonds. The van der Waals surface area contributed by atoms with E-state index in [0.717, 1.165) is 16.4 Å². The summed E-state index contributed by atoms with van der Waals surface area (Å²) in [6, 6.07) is 2.59. The highest BCUT2D eigenvalue weighted by Crippen LogP contribution is 2.31. The van der Waals surface area contributed by atoms with E-state index in [1.54, 1.807) is 0 Å². The second kappa shape index (κ2) is 7.18. The first-order valence-electron chi connectivity index (χ1n) is 7.60. The van der Waals surface area contributed by atoms with Gasteiger partial charge in [0.2, 0.25) is 10.0 Å². The summed E-state index contributed by atoms with van der Waals surface area (Å²) >= 11 is 5.74. The van der Waals surface area contributed by atoms with Gasteiger partial charge in [0.15, 0.2) is 9.84 Å². The zero-order chi connectivity index (χ0) is 19.0. The Kier molecular flexibility index (Phi) is 5.77. The summed E-state index contributed by atoms with van der Waals surface area (Å²) in [6.45, 7) is 3.76. The molecule has 0 N–H and O–H groups in total. The SMILES string of the molecule is CC(C)CN(C1CCS(=O)(=O)C1)S(=O)(=O)c1ccc(Cl)c([N+](=O)[O-])c1. The molecule has 0 bridgehead atoms. The first-order chi connectivity index (χ1) is 11.4. The molecule has 2 rings (SSSR count). The van der Waals surface area contributed by atoms with Crippen molar-refractivity contribution in [2.45, 2.75) is 31.2 Å². The maximum absolute atomic E-state index is 13.0. The van der Waals surface area contributed by atoms with Crippen LogP contribution in [-0.2, 0) is 19.9 Å². The molecular formula is C14H19ClN2O6S2. The number of halogens is 1. The lowest BCUT2D eigenvalue weighted by Crippen LogP contribution is -2.43. The Labute approximate surface area is 151 Å². The summed E-state index contributed by atoms with van der Waals surface area (Å²) < 4.78 is 50.7. The van der Waals surface area contributed by atoms with Crippen molar-refractivity contribution in [1.29, 1.82) is 0 Å². The van der Waals surface area contributed by atoms with Gasteiger partial charge < -0.3 is 0 Å². The predicted octanol–water partition coefficient (Wildman–Crippen LogP) is 2.08. The van der Waals surface area contributed by atoms with Gasteiger partial charge in [0.1, 0.15) is 5.02 Å². The molecule has 1 aliphatic rings. The Hall–Kier alpha value is -1.23. The number of nitro benzene ring substituents is 1. The van der Waals surface area contributed by atoms with Crippen molar-refractivity contribution in [3.05, 3.63) is 33.3 Å². The van der Waals surface area contributed by atoms with Crippen molar-refractivity contribution in [3.8, 4) is 0 Å². The summed E-state index contributed by atoms with van der Waals surface area (Å²) in [4.78, 5) is 10.00. The molecule has 0 aromatic heterocycles. The fraction of sp³-hybridized carbons (Fsp3) is 0.571. The van der Waals surface area contributed by atoms with Gasteiger partial charge in [-0.2, -0.15) is 4.31 Å². The molecule has 1 unspecified atom stereocenters. The van der Waals surface area contributed by atoms with Crippen LogP contribution in [-0.4, -0.2) is 50.2 Å². The molecule has 1 saturated heterocycles. The highest BCUT2D eigenvalue weighted by atomic mass is 35.5. The van der Waals surface area contributed by atoms with E-state index in [9.17, 15) is 26.9 Å². The molecule has 0 radical (unpaired) electrons. The first-order valence-corrected chi connectivity index (χ1v) is 11.2. The summed E-state index contributed by atoms with van der Waals surface area (Å²) in [5.41, 5.74) is -0.508. The van der Waals surface area contributed by atoms with Crippen LogP contribution in [0.3, 0.4) is 0 Å². The maximum Gasteiger partial charge on any atom is 0.289 e. The van der Waals surface area contributed by atoms with Crippen molar-refractivity contribution in [2.75, 3.05) is 18.1 Å². The number of nitro groups is 1. The second-order valence-electron chi connectivity index (χ2n) is 6.40. The smallest absolute Gasteiger partial charge is 0.258 e. The Morgan fingerprint density at radius 2 is 2.04 bits per heavy atom. The molecule has 1 atom stereocenters. The molecule has 1 aromatic carbocycles. The van der Waals surface area contributed by atoms with Crippen LogP contribution in [0.1, 0.15) is 20.3 Å². The minimum Gasteiger partial charge on any atom is -0.258 e. The highest BCUT2D eigenvalue weighted by Gasteiger charge is 2.39. The Balaban J connectivity index is 2.48. The number of rotatable bonds is 6. The molecule has 11 heteroatoms. The molecule has 0 spiro atoms. The van der Waals surface area contributed by atoms with Crippen molar-refractivity contribution < 1.29 is 21.8 Å². The molecule has 1 fully saturated rings. The van der Waals surface area contributed by atoms with E-state index in [0.29, 0.717) is 0 Å². The maximum atomic E-state index is 13.0. The van der Waals surface area contributed by atoms with Crippen LogP contribution in [0.5, 0.6) is 0 Å². The molecule has 1 heterocycles. The van der Waals surface area contributed by atoms with E-state index < -0.39 is 36.5 Å². The number of hydrogen-bond acceptors (Lipinski definition) is 6. The number of sulfonamides is 1. The number of sulfone groups is 1. The van der Waals surface area contributed by atoms with E-state index in [2.05, 4.69) is 0 Å². The van der Waals surface area contributed by atoms with Crippen molar-refractivity contribution in [3.63, 3.8) is 0 Å². The van der Waals surface area contributed by atoms with Crippen molar-refractivity contribution in [2.24, 2.45) is 5.92 Å². The van der Waals surface area contributed by atoms with Crippen LogP contribution in [0, 0.1) is 16.0 Å². The first kappa shape index (κ1) is 20.1. The van der Waals surface area contributed by atoms with Crippen LogP contribution in [0.25, 0.3) is 0 Å². The zero-order valence-electron chi connectivity index (χ0n) is 13.8. The normalized spacial score (nSPS) is 20.3. The van der Waals surface area contributed by atoms with E-state index in [1.807, 2.05) is 13.8 Å². The van der Waals surface area contributed by atoms with E-state index in [1.165, 1.54) is 6.07 Å². The van der Waals surface area contributed by atoms with E-state index in [4.69, 9.17) is 11.6 Å². The number of hydrogen-bond donors (Lipinski definition) is 0. The molecule has 1 aliphatic heterocycles. The lowest BCUT2D eigenvalue weighted by Gasteiger charge is -2.28. The standard InChI is InChI=1S/C14H19ClN2O6S2/c1-10(2)8-16(11-5-6-24(20,21)9-11)25(22,23)12-3-4-13(15)14(7-12)17(18)19/h3-4,7,10-11H,5-6,8-9H2,1-2H3. The Morgan fingerprint density at radius 3 is 2.52 bits per heavy atom. The summed E-state index contributed by atoms with van der Waals surface area (Å²) in [5, 5.41) is 10.9. The Bertz CT molecular complexity index is 883. The fourth-order valence-electron chi connectivity index (χ4n) is 2.73. The summed E-state index contributed by atoms with van der Waals surface area (Å²) in [7, 11) is -7.38. The van der Waals surface area contributed by atoms with E-state index >= 15 is 0 Å². The van der Waals surface area contributed by atoms with Gasteiger partial charge in [0, 0.05) is 18.7 Å². The van der Waals surface area contributed by atoms with Crippen LogP contribution < -0.4 is 0 Å². The minimum atomic E-state index is -4.10. The quantitative estimate of drug-likeness (QED) is 0.523. The molecule has 140 valence electrons. The Morgan fingerprint density at radius 1 is 1.40 bits per heavy atom. The minimum absolute atomic E-state index is 0.0413. The zero-order valence-corrected chi connectivity index (χ0v) is 16.1. The molecule has 0 saturated carbocycles. The number of nitrogens with zero attached hydrogens (tertiary/aromatic N) is 2. The van der Waals surface area contributed by atoms with Crippen LogP contribution in [0.2, 0.25) is 5.02 Å². The molecule has 0 aliphatic carbocycles. The largest absolute Gasteiger partial charge is 0.289 e. The average Bonchev–Trinajstić information content (AvgIpc) is 2.84. The molecule has 1 aromatic rings. The van der Waals surface area contributed by atoms with Crippen molar-refractivity contribution in [1.82, 2.24) is 4.31 Å². The topological polar surface area (TPSA) is 115 Å². The van der Waals surface area contributed by atoms with Gasteiger partial charge in [0.25, 0.3) is 5.69 Å². The van der Waals surface area contributed by atoms with Gasteiger partial charge in [-0.05, 0) is 24.5 Å². The van der Waals surface area contributed by atoms with Gasteiger partial charge in [-0.1, -0.05) is 25.4 Å². The number of benzene rings is 1. The van der Waals surface area contributed by atoms with Gasteiger partial charge in [-0.25, -0.2) is 16.8 Å². The fourth-order valence-corrected chi connectivity index (χ4v) is 6.58. The average molecular weight is 411 g/mol. The highest BCUT2D eigenvalue weighted by molar-refractivity contribution is 7.92. The summed E-state index contributed by atoms with van der Waals surface area (Å²) in [6.07, 6.45) is 0.212. The third kappa shape index (κ3) is 4.49. The third-order valence-electron chi connectivity index (χ3n) is 3.88. The van der Waals surface area contributed by atoms with Crippen LogP contribution in [0.4, 0.5) is 5.69 Å². The molecular weight excluding hydrogens is 392 g/mol. The van der Waals surface area contributed by atoms with Crippen molar-refractivity contribution >= 4 is 37.1 Å². The van der Waals surface area contributed by atoms with Crippen LogP contribution in [0.15, 0.2) is 23.1 Å². The third-order valence-corrected chi connectivity index (χ3v) is 7.87. The monoisotopic (exact) mass is 410 g/mol. The molecule has 25 heavy (non-hydrogen) atoms. The predicted molar refractivity (Wildman–Crippen MR) is 93.9 cm³/mol. The van der Waals surface area contributed by atoms with Gasteiger partial charge in [-0.3, -0.25) is 10.1 Å². The second-order valence-corrected chi connectivity index (χ2v) is 10.9.